The third-order valence-electron chi connectivity index (χ3n) is 1.43. The van der Waals surface area contributed by atoms with E-state index in [4.69, 9.17) is 8.19 Å². The first-order valence-electron chi connectivity index (χ1n) is 3.13. The molecule has 0 amide bonds. The molecule has 2 N–H and O–H groups in total. The first-order valence-corrected chi connectivity index (χ1v) is 6.52. The molecule has 0 aliphatic carbocycles. The minimum atomic E-state index is -4.65. The fourth-order valence-electron chi connectivity index (χ4n) is 0.890. The van der Waals surface area contributed by atoms with Crippen LogP contribution in [0.15, 0.2) is 24.3 Å². The molecule has 0 atom stereocenters. The summed E-state index contributed by atoms with van der Waals surface area (Å²) in [6.45, 7) is 1.69. The Morgan fingerprint density at radius 1 is 1.27 bits per heavy atom. The summed E-state index contributed by atoms with van der Waals surface area (Å²) in [6, 6.07) is 6.54. The van der Waals surface area contributed by atoms with E-state index in [1.165, 1.54) is 6.07 Å². The van der Waals surface area contributed by atoms with E-state index in [2.05, 4.69) is 0 Å². The van der Waals surface area contributed by atoms with Crippen LogP contribution in [0.4, 0.5) is 0 Å². The van der Waals surface area contributed by atoms with Crippen LogP contribution in [0, 0.1) is 6.92 Å². The Bertz CT molecular complexity index is 302. The van der Waals surface area contributed by atoms with Crippen molar-refractivity contribution in [2.24, 2.45) is 0 Å². The van der Waals surface area contributed by atoms with Gasteiger partial charge in [0.1, 0.15) is 0 Å². The van der Waals surface area contributed by atoms with E-state index in [1.54, 1.807) is 25.1 Å². The quantitative estimate of drug-likeness (QED) is 0.625. The zero-order valence-electron chi connectivity index (χ0n) is 6.06. The van der Waals surface area contributed by atoms with E-state index in [-0.39, 0.29) is 4.35 Å². The fraction of sp³-hybridized carbons (Fsp3) is 0.143. The average molecular weight is 216 g/mol. The Labute approximate surface area is 67.7 Å². The van der Waals surface area contributed by atoms with Gasteiger partial charge in [-0.1, -0.05) is 0 Å². The summed E-state index contributed by atoms with van der Waals surface area (Å²) in [5.74, 6) is 0. The molecule has 1 aromatic rings. The van der Waals surface area contributed by atoms with Crippen LogP contribution in [0.5, 0.6) is 0 Å². The van der Waals surface area contributed by atoms with E-state index in [9.17, 15) is 3.74 Å². The summed E-state index contributed by atoms with van der Waals surface area (Å²) in [7, 11) is 0. The molecule has 0 bridgehead atoms. The molecule has 0 radical (unpaired) electrons. The van der Waals surface area contributed by atoms with Crippen molar-refractivity contribution in [1.82, 2.24) is 0 Å². The molecular formula is C7H9AsO3. The number of hydrogen-bond donors (Lipinski definition) is 2. The summed E-state index contributed by atoms with van der Waals surface area (Å²) in [6.07, 6.45) is 0. The summed E-state index contributed by atoms with van der Waals surface area (Å²) in [5.41, 5.74) is 0.653. The van der Waals surface area contributed by atoms with Gasteiger partial charge in [0.25, 0.3) is 0 Å². The van der Waals surface area contributed by atoms with E-state index in [0.717, 1.165) is 0 Å². The third-order valence-corrected chi connectivity index (χ3v) is 3.80. The van der Waals surface area contributed by atoms with Gasteiger partial charge >= 0.3 is 67.2 Å². The van der Waals surface area contributed by atoms with Crippen molar-refractivity contribution in [3.63, 3.8) is 0 Å². The number of hydrogen-bond acceptors (Lipinski definition) is 1. The maximum atomic E-state index is 10.8. The van der Waals surface area contributed by atoms with Crippen molar-refractivity contribution >= 4 is 18.5 Å². The van der Waals surface area contributed by atoms with Gasteiger partial charge in [-0.05, 0) is 0 Å². The van der Waals surface area contributed by atoms with Crippen LogP contribution < -0.4 is 4.35 Å². The van der Waals surface area contributed by atoms with Crippen LogP contribution >= 0.6 is 0 Å². The molecule has 0 saturated heterocycles. The number of benzene rings is 1. The van der Waals surface area contributed by atoms with Gasteiger partial charge in [0.15, 0.2) is 0 Å². The van der Waals surface area contributed by atoms with Crippen molar-refractivity contribution in [2.45, 2.75) is 6.92 Å². The van der Waals surface area contributed by atoms with E-state index < -0.39 is 14.2 Å². The third kappa shape index (κ3) is 1.96. The summed E-state index contributed by atoms with van der Waals surface area (Å²) >= 11 is -4.65. The predicted octanol–water partition coefficient (Wildman–Crippen LogP) is -0.444. The molecule has 0 heterocycles. The first-order chi connectivity index (χ1) is 5.02. The predicted molar refractivity (Wildman–Crippen MR) is 41.7 cm³/mol. The second-order valence-electron chi connectivity index (χ2n) is 2.33. The number of aryl methyl sites for hydroxylation is 1. The number of rotatable bonds is 1. The molecule has 0 unspecified atom stereocenters. The molecule has 60 valence electrons. The topological polar surface area (TPSA) is 57.5 Å². The molecule has 11 heavy (non-hydrogen) atoms. The minimum absolute atomic E-state index is 0.172. The maximum absolute atomic E-state index is 10.8. The second-order valence-corrected chi connectivity index (χ2v) is 5.62. The Kier molecular flexibility index (Phi) is 2.23. The van der Waals surface area contributed by atoms with E-state index >= 15 is 0 Å². The van der Waals surface area contributed by atoms with Crippen LogP contribution in [-0.2, 0) is 3.74 Å². The summed E-state index contributed by atoms with van der Waals surface area (Å²) < 4.78 is 28.7. The van der Waals surface area contributed by atoms with Gasteiger partial charge in [-0.25, -0.2) is 0 Å². The van der Waals surface area contributed by atoms with Gasteiger partial charge in [0, 0.05) is 0 Å². The zero-order valence-corrected chi connectivity index (χ0v) is 7.94. The Morgan fingerprint density at radius 3 is 2.18 bits per heavy atom. The van der Waals surface area contributed by atoms with Gasteiger partial charge in [-0.2, -0.15) is 0 Å². The van der Waals surface area contributed by atoms with Crippen molar-refractivity contribution in [1.29, 1.82) is 0 Å². The fourth-order valence-corrected chi connectivity index (χ4v) is 2.60. The molecule has 0 spiro atoms. The first kappa shape index (κ1) is 8.59. The van der Waals surface area contributed by atoms with Crippen molar-refractivity contribution in [3.05, 3.63) is 29.8 Å². The SMILES string of the molecule is Cc1ccccc1[As](=O)(O)O. The molecular weight excluding hydrogens is 207 g/mol. The van der Waals surface area contributed by atoms with Gasteiger partial charge < -0.3 is 0 Å². The summed E-state index contributed by atoms with van der Waals surface area (Å²) in [4.78, 5) is 0. The van der Waals surface area contributed by atoms with Gasteiger partial charge in [-0.3, -0.25) is 0 Å². The van der Waals surface area contributed by atoms with Gasteiger partial charge in [0.2, 0.25) is 0 Å². The molecule has 1 aromatic carbocycles. The molecule has 0 aliphatic rings. The van der Waals surface area contributed by atoms with Crippen LogP contribution in [0.25, 0.3) is 0 Å². The molecule has 0 aromatic heterocycles. The Hall–Kier alpha value is -0.502. The van der Waals surface area contributed by atoms with Crippen LogP contribution in [0.2, 0.25) is 0 Å². The monoisotopic (exact) mass is 216 g/mol. The molecule has 0 fully saturated rings. The molecule has 0 aliphatic heterocycles. The Morgan fingerprint density at radius 2 is 1.82 bits per heavy atom. The van der Waals surface area contributed by atoms with Crippen LogP contribution in [0.3, 0.4) is 0 Å². The average Bonchev–Trinajstić information content (AvgIpc) is 1.86. The van der Waals surface area contributed by atoms with Crippen LogP contribution in [-0.4, -0.2) is 22.4 Å². The van der Waals surface area contributed by atoms with Gasteiger partial charge in [0.05, 0.1) is 0 Å². The van der Waals surface area contributed by atoms with Crippen molar-refractivity contribution in [3.8, 4) is 0 Å². The zero-order chi connectivity index (χ0) is 8.48. The van der Waals surface area contributed by atoms with Crippen molar-refractivity contribution < 1.29 is 11.9 Å². The van der Waals surface area contributed by atoms with Crippen LogP contribution in [0.1, 0.15) is 5.56 Å². The van der Waals surface area contributed by atoms with E-state index in [0.29, 0.717) is 5.56 Å². The van der Waals surface area contributed by atoms with Gasteiger partial charge in [-0.15, -0.1) is 0 Å². The Balaban J connectivity index is 3.25. The summed E-state index contributed by atoms with van der Waals surface area (Å²) in [5, 5.41) is 0. The molecule has 0 saturated carbocycles. The molecule has 1 rings (SSSR count). The second kappa shape index (κ2) is 2.86. The van der Waals surface area contributed by atoms with E-state index in [1.807, 2.05) is 0 Å². The molecule has 4 heteroatoms. The molecule has 3 nitrogen and oxygen atoms in total. The normalized spacial score (nSPS) is 11.5. The van der Waals surface area contributed by atoms with Crippen molar-refractivity contribution in [2.75, 3.05) is 0 Å². The standard InChI is InChI=1S/C7H9AsO3/c1-6-4-2-3-5-7(6)8(9,10)11/h2-5H,1H3,(H2,9,10,11).